The highest BCUT2D eigenvalue weighted by molar-refractivity contribution is 5.86. The smallest absolute Gasteiger partial charge is 0.224 e. The lowest BCUT2D eigenvalue weighted by atomic mass is 9.83. The zero-order chi connectivity index (χ0) is 20.3. The van der Waals surface area contributed by atoms with Gasteiger partial charge in [-0.1, -0.05) is 0 Å². The van der Waals surface area contributed by atoms with Crippen molar-refractivity contribution >= 4 is 16.9 Å². The van der Waals surface area contributed by atoms with Crippen LogP contribution in [0.1, 0.15) is 56.4 Å². The Morgan fingerprint density at radius 3 is 2.63 bits per heavy atom. The number of ether oxygens (including phenoxy) is 2. The molecule has 3 N–H and O–H groups in total. The number of aliphatic hydroxyl groups is 1. The third-order valence-electron chi connectivity index (χ3n) is 6.58. The lowest BCUT2D eigenvalue weighted by Gasteiger charge is -2.27. The van der Waals surface area contributed by atoms with Gasteiger partial charge in [0.25, 0.3) is 0 Å². The highest BCUT2D eigenvalue weighted by Crippen LogP contribution is 2.38. The minimum Gasteiger partial charge on any atom is -0.474 e. The van der Waals surface area contributed by atoms with Gasteiger partial charge < -0.3 is 25.2 Å². The van der Waals surface area contributed by atoms with Gasteiger partial charge in [0.15, 0.2) is 0 Å². The fourth-order valence-corrected chi connectivity index (χ4v) is 4.77. The Labute approximate surface area is 176 Å². The summed E-state index contributed by atoms with van der Waals surface area (Å²) < 4.78 is 11.8. The Morgan fingerprint density at radius 1 is 1.03 bits per heavy atom. The van der Waals surface area contributed by atoms with E-state index < -0.39 is 0 Å². The largest absolute Gasteiger partial charge is 0.474 e. The van der Waals surface area contributed by atoms with Gasteiger partial charge in [-0.2, -0.15) is 0 Å². The Kier molecular flexibility index (Phi) is 5.97. The summed E-state index contributed by atoms with van der Waals surface area (Å²) in [6.45, 7) is 3.41. The van der Waals surface area contributed by atoms with Crippen LogP contribution in [-0.2, 0) is 4.74 Å². The first-order valence-electron chi connectivity index (χ1n) is 11.3. The Balaban J connectivity index is 1.47. The minimum absolute atomic E-state index is 0.172. The second-order valence-electron chi connectivity index (χ2n) is 8.75. The molecular formula is C22H31N5O3. The number of nitrogens with zero attached hydrogens (tertiary/aromatic N) is 3. The molecule has 8 nitrogen and oxygen atoms in total. The fraction of sp³-hybridized carbons (Fsp3) is 0.682. The van der Waals surface area contributed by atoms with E-state index in [-0.39, 0.29) is 18.2 Å². The predicted molar refractivity (Wildman–Crippen MR) is 114 cm³/mol. The molecular weight excluding hydrogens is 382 g/mol. The molecule has 3 aliphatic rings. The summed E-state index contributed by atoms with van der Waals surface area (Å²) in [5.74, 6) is 1.62. The molecule has 1 saturated carbocycles. The van der Waals surface area contributed by atoms with Gasteiger partial charge in [-0.15, -0.1) is 0 Å². The van der Waals surface area contributed by atoms with E-state index in [1.54, 1.807) is 0 Å². The molecule has 3 fully saturated rings. The van der Waals surface area contributed by atoms with E-state index >= 15 is 0 Å². The summed E-state index contributed by atoms with van der Waals surface area (Å²) in [7, 11) is 0. The first kappa shape index (κ1) is 19.9. The van der Waals surface area contributed by atoms with E-state index in [1.807, 2.05) is 12.4 Å². The quantitative estimate of drug-likeness (QED) is 0.687. The van der Waals surface area contributed by atoms with Crippen molar-refractivity contribution in [3.8, 4) is 5.88 Å². The third-order valence-corrected chi connectivity index (χ3v) is 6.58. The maximum absolute atomic E-state index is 9.93. The van der Waals surface area contributed by atoms with Crippen LogP contribution in [0.5, 0.6) is 5.88 Å². The van der Waals surface area contributed by atoms with Crippen LogP contribution >= 0.6 is 0 Å². The van der Waals surface area contributed by atoms with E-state index in [4.69, 9.17) is 19.4 Å². The molecule has 0 spiro atoms. The van der Waals surface area contributed by atoms with Crippen molar-refractivity contribution in [3.05, 3.63) is 18.0 Å². The van der Waals surface area contributed by atoms with E-state index in [9.17, 15) is 5.11 Å². The second-order valence-corrected chi connectivity index (χ2v) is 8.75. The van der Waals surface area contributed by atoms with Crippen LogP contribution in [-0.4, -0.2) is 64.6 Å². The number of anilines is 1. The number of fused-ring (bicyclic) bond motifs is 1. The molecule has 0 unspecified atom stereocenters. The SMILES string of the molecule is OC1CCC(c2cnc(OC3CCNCC3)c3cnc(N[C@@H]4CCOC4)nc23)CC1. The van der Waals surface area contributed by atoms with Gasteiger partial charge in [-0.25, -0.2) is 15.0 Å². The van der Waals surface area contributed by atoms with Crippen molar-refractivity contribution in [2.75, 3.05) is 31.6 Å². The zero-order valence-corrected chi connectivity index (χ0v) is 17.3. The number of piperidine rings is 1. The van der Waals surface area contributed by atoms with E-state index in [2.05, 4.69) is 15.6 Å². The number of nitrogens with one attached hydrogen (secondary N) is 2. The summed E-state index contributed by atoms with van der Waals surface area (Å²) in [6.07, 6.45) is 10.3. The number of aromatic nitrogens is 3. The van der Waals surface area contributed by atoms with Crippen LogP contribution in [0.25, 0.3) is 10.9 Å². The highest BCUT2D eigenvalue weighted by Gasteiger charge is 2.26. The molecule has 4 heterocycles. The zero-order valence-electron chi connectivity index (χ0n) is 17.3. The van der Waals surface area contributed by atoms with Crippen LogP contribution < -0.4 is 15.4 Å². The lowest BCUT2D eigenvalue weighted by molar-refractivity contribution is 0.122. The van der Waals surface area contributed by atoms with Crippen molar-refractivity contribution in [3.63, 3.8) is 0 Å². The summed E-state index contributed by atoms with van der Waals surface area (Å²) in [5, 5.41) is 17.6. The van der Waals surface area contributed by atoms with Crippen molar-refractivity contribution < 1.29 is 14.6 Å². The average molecular weight is 414 g/mol. The van der Waals surface area contributed by atoms with E-state index in [0.717, 1.165) is 81.1 Å². The number of aliphatic hydroxyl groups excluding tert-OH is 1. The molecule has 2 aliphatic heterocycles. The first-order chi connectivity index (χ1) is 14.8. The monoisotopic (exact) mass is 413 g/mol. The van der Waals surface area contributed by atoms with E-state index in [1.165, 1.54) is 0 Å². The summed E-state index contributed by atoms with van der Waals surface area (Å²) in [4.78, 5) is 14.2. The fourth-order valence-electron chi connectivity index (χ4n) is 4.77. The van der Waals surface area contributed by atoms with Crippen molar-refractivity contribution in [2.45, 2.75) is 69.1 Å². The molecule has 5 rings (SSSR count). The van der Waals surface area contributed by atoms with Gasteiger partial charge in [0.05, 0.1) is 29.7 Å². The summed E-state index contributed by atoms with van der Waals surface area (Å²) in [6, 6.07) is 0.253. The molecule has 8 heteroatoms. The molecule has 0 bridgehead atoms. The van der Waals surface area contributed by atoms with Gasteiger partial charge in [0.2, 0.25) is 11.8 Å². The Bertz CT molecular complexity index is 859. The van der Waals surface area contributed by atoms with Crippen LogP contribution in [0.15, 0.2) is 12.4 Å². The minimum atomic E-state index is -0.183. The van der Waals surface area contributed by atoms with Gasteiger partial charge in [-0.05, 0) is 64.0 Å². The maximum Gasteiger partial charge on any atom is 0.224 e. The van der Waals surface area contributed by atoms with Crippen LogP contribution in [0, 0.1) is 0 Å². The standard InChI is InChI=1S/C22H31N5O3/c28-16-3-1-14(2-4-16)18-11-24-21(30-17-5-8-23-9-6-17)19-12-25-22(27-20(18)19)26-15-7-10-29-13-15/h11-12,14-17,23,28H,1-10,13H2,(H,25,26,27)/t14?,15-,16?/m1/s1. The van der Waals surface area contributed by atoms with Crippen LogP contribution in [0.3, 0.4) is 0 Å². The summed E-state index contributed by atoms with van der Waals surface area (Å²) >= 11 is 0. The summed E-state index contributed by atoms with van der Waals surface area (Å²) in [5.41, 5.74) is 2.06. The van der Waals surface area contributed by atoms with Gasteiger partial charge in [-0.3, -0.25) is 0 Å². The highest BCUT2D eigenvalue weighted by atomic mass is 16.5. The first-order valence-corrected chi connectivity index (χ1v) is 11.3. The van der Waals surface area contributed by atoms with Crippen molar-refractivity contribution in [1.29, 1.82) is 0 Å². The van der Waals surface area contributed by atoms with Crippen LogP contribution in [0.2, 0.25) is 0 Å². The Hall–Kier alpha value is -2.03. The van der Waals surface area contributed by atoms with Gasteiger partial charge in [0.1, 0.15) is 6.10 Å². The number of pyridine rings is 1. The van der Waals surface area contributed by atoms with Crippen molar-refractivity contribution in [1.82, 2.24) is 20.3 Å². The molecule has 1 atom stereocenters. The van der Waals surface area contributed by atoms with E-state index in [0.29, 0.717) is 24.4 Å². The maximum atomic E-state index is 9.93. The molecule has 2 aromatic rings. The molecule has 0 amide bonds. The normalized spacial score (nSPS) is 28.0. The number of hydrogen-bond acceptors (Lipinski definition) is 8. The molecule has 162 valence electrons. The van der Waals surface area contributed by atoms with Gasteiger partial charge >= 0.3 is 0 Å². The molecule has 2 aromatic heterocycles. The molecule has 30 heavy (non-hydrogen) atoms. The molecule has 0 radical (unpaired) electrons. The second kappa shape index (κ2) is 8.99. The van der Waals surface area contributed by atoms with Crippen molar-refractivity contribution in [2.24, 2.45) is 0 Å². The number of rotatable bonds is 5. The molecule has 2 saturated heterocycles. The molecule has 0 aromatic carbocycles. The lowest BCUT2D eigenvalue weighted by Crippen LogP contribution is -2.34. The van der Waals surface area contributed by atoms with Gasteiger partial charge in [0, 0.05) is 24.6 Å². The van der Waals surface area contributed by atoms with Crippen LogP contribution in [0.4, 0.5) is 5.95 Å². The third kappa shape index (κ3) is 4.36. The Morgan fingerprint density at radius 2 is 1.87 bits per heavy atom. The predicted octanol–water partition coefficient (Wildman–Crippen LogP) is 2.37. The molecule has 1 aliphatic carbocycles. The average Bonchev–Trinajstić information content (AvgIpc) is 3.28. The topological polar surface area (TPSA) is 101 Å². The number of hydrogen-bond donors (Lipinski definition) is 3.